The van der Waals surface area contributed by atoms with Gasteiger partial charge in [0, 0.05) is 33.4 Å². The second kappa shape index (κ2) is 6.12. The predicted molar refractivity (Wildman–Crippen MR) is 84.8 cm³/mol. The largest absolute Gasteiger partial charge is 0.371 e. The maximum atomic E-state index is 11.9. The Balaban J connectivity index is 1.49. The van der Waals surface area contributed by atoms with Crippen LogP contribution in [0.3, 0.4) is 0 Å². The van der Waals surface area contributed by atoms with Gasteiger partial charge in [0.25, 0.3) is 0 Å². The summed E-state index contributed by atoms with van der Waals surface area (Å²) in [6, 6.07) is 5.94. The Labute approximate surface area is 131 Å². The number of ether oxygens (including phenoxy) is 1. The number of nitrogens with one attached hydrogen (secondary N) is 1. The van der Waals surface area contributed by atoms with Crippen molar-refractivity contribution in [3.63, 3.8) is 0 Å². The fraction of sp³-hybridized carbons (Fsp3) is 0.625. The highest BCUT2D eigenvalue weighted by Crippen LogP contribution is 2.41. The zero-order chi connectivity index (χ0) is 15.6. The molecule has 2 amide bonds. The van der Waals surface area contributed by atoms with Gasteiger partial charge in [-0.2, -0.15) is 0 Å². The Morgan fingerprint density at radius 1 is 1.50 bits per heavy atom. The van der Waals surface area contributed by atoms with Gasteiger partial charge in [0.2, 0.25) is 0 Å². The first-order valence-electron chi connectivity index (χ1n) is 7.86. The molecule has 6 heteroatoms. The Hall–Kier alpha value is -1.82. The van der Waals surface area contributed by atoms with Gasteiger partial charge < -0.3 is 19.9 Å². The average Bonchev–Trinajstić information content (AvgIpc) is 2.90. The molecule has 1 aromatic heterocycles. The maximum absolute atomic E-state index is 11.9. The average molecular weight is 304 g/mol. The van der Waals surface area contributed by atoms with Gasteiger partial charge in [-0.25, -0.2) is 9.78 Å². The monoisotopic (exact) mass is 304 g/mol. The maximum Gasteiger partial charge on any atom is 0.319 e. The molecule has 1 atom stereocenters. The van der Waals surface area contributed by atoms with E-state index in [0.717, 1.165) is 44.9 Å². The summed E-state index contributed by atoms with van der Waals surface area (Å²) in [5.41, 5.74) is -0.114. The molecule has 3 rings (SSSR count). The van der Waals surface area contributed by atoms with Crippen LogP contribution < -0.4 is 5.32 Å². The lowest BCUT2D eigenvalue weighted by Gasteiger charge is -2.50. The molecule has 0 bridgehead atoms. The van der Waals surface area contributed by atoms with E-state index in [1.54, 1.807) is 25.2 Å². The number of carbonyl (C=O) groups excluding carboxylic acids is 1. The van der Waals surface area contributed by atoms with Gasteiger partial charge in [0.15, 0.2) is 0 Å². The topological polar surface area (TPSA) is 57.7 Å². The molecule has 1 unspecified atom stereocenters. The van der Waals surface area contributed by atoms with Crippen molar-refractivity contribution < 1.29 is 9.53 Å². The minimum atomic E-state index is -0.114. The zero-order valence-electron chi connectivity index (χ0n) is 13.3. The van der Waals surface area contributed by atoms with Gasteiger partial charge >= 0.3 is 6.03 Å². The molecule has 120 valence electrons. The van der Waals surface area contributed by atoms with Crippen molar-refractivity contribution in [1.82, 2.24) is 14.8 Å². The first-order valence-corrected chi connectivity index (χ1v) is 7.86. The van der Waals surface area contributed by atoms with Crippen LogP contribution in [-0.2, 0) is 4.74 Å². The van der Waals surface area contributed by atoms with Crippen molar-refractivity contribution in [2.45, 2.75) is 18.4 Å². The lowest BCUT2D eigenvalue weighted by atomic mass is 9.79. The molecule has 2 fully saturated rings. The summed E-state index contributed by atoms with van der Waals surface area (Å²) in [4.78, 5) is 19.7. The molecule has 1 spiro atoms. The summed E-state index contributed by atoms with van der Waals surface area (Å²) >= 11 is 0. The molecule has 6 nitrogen and oxygen atoms in total. The first kappa shape index (κ1) is 15.1. The van der Waals surface area contributed by atoms with E-state index in [2.05, 4.69) is 10.3 Å². The summed E-state index contributed by atoms with van der Waals surface area (Å²) < 4.78 is 6.00. The fourth-order valence-electron chi connectivity index (χ4n) is 3.40. The fourth-order valence-corrected chi connectivity index (χ4v) is 3.40. The van der Waals surface area contributed by atoms with Crippen LogP contribution in [0, 0.1) is 5.92 Å². The quantitative estimate of drug-likeness (QED) is 0.919. The summed E-state index contributed by atoms with van der Waals surface area (Å²) in [5.74, 6) is 1.42. The van der Waals surface area contributed by atoms with E-state index in [4.69, 9.17) is 4.74 Å². The number of hydrogen-bond acceptors (Lipinski definition) is 4. The lowest BCUT2D eigenvalue weighted by Crippen LogP contribution is -2.67. The van der Waals surface area contributed by atoms with Gasteiger partial charge in [0.05, 0.1) is 13.1 Å². The number of urea groups is 1. The number of nitrogens with zero attached hydrogens (tertiary/aromatic N) is 3. The third-order valence-corrected chi connectivity index (χ3v) is 4.63. The van der Waals surface area contributed by atoms with Crippen LogP contribution in [0.25, 0.3) is 0 Å². The van der Waals surface area contributed by atoms with Crippen molar-refractivity contribution in [2.24, 2.45) is 5.92 Å². The predicted octanol–water partition coefficient (Wildman–Crippen LogP) is 1.66. The second-order valence-electron chi connectivity index (χ2n) is 6.36. The Bertz CT molecular complexity index is 514. The molecule has 0 aliphatic carbocycles. The number of rotatable bonds is 4. The molecular formula is C16H24N4O2. The minimum Gasteiger partial charge on any atom is -0.371 e. The van der Waals surface area contributed by atoms with Crippen LogP contribution in [0.4, 0.5) is 10.6 Å². The Morgan fingerprint density at radius 3 is 3.00 bits per heavy atom. The Kier molecular flexibility index (Phi) is 4.20. The molecule has 2 saturated heterocycles. The van der Waals surface area contributed by atoms with Crippen LogP contribution in [0.2, 0.25) is 0 Å². The van der Waals surface area contributed by atoms with E-state index in [1.807, 2.05) is 23.1 Å². The number of amides is 2. The van der Waals surface area contributed by atoms with Crippen molar-refractivity contribution in [1.29, 1.82) is 0 Å². The van der Waals surface area contributed by atoms with Crippen LogP contribution in [0.5, 0.6) is 0 Å². The molecule has 2 aliphatic rings. The van der Waals surface area contributed by atoms with Crippen molar-refractivity contribution in [3.8, 4) is 0 Å². The van der Waals surface area contributed by atoms with E-state index >= 15 is 0 Å². The van der Waals surface area contributed by atoms with Crippen LogP contribution in [0.15, 0.2) is 24.4 Å². The molecule has 3 heterocycles. The molecule has 1 N–H and O–H groups in total. The zero-order valence-corrected chi connectivity index (χ0v) is 13.3. The van der Waals surface area contributed by atoms with Gasteiger partial charge in [-0.05, 0) is 30.9 Å². The SMILES string of the molecule is CN(C)C(=O)N1CC2(C1)OCCC2CCNc1ccccn1. The molecule has 0 aromatic carbocycles. The normalized spacial score (nSPS) is 22.5. The summed E-state index contributed by atoms with van der Waals surface area (Å²) in [6.45, 7) is 3.13. The number of anilines is 1. The number of likely N-dealkylation sites (tertiary alicyclic amines) is 1. The van der Waals surface area contributed by atoms with Crippen molar-refractivity contribution in [2.75, 3.05) is 45.7 Å². The number of carbonyl (C=O) groups is 1. The lowest BCUT2D eigenvalue weighted by molar-refractivity contribution is -0.117. The van der Waals surface area contributed by atoms with Crippen LogP contribution >= 0.6 is 0 Å². The van der Waals surface area contributed by atoms with E-state index < -0.39 is 0 Å². The molecule has 22 heavy (non-hydrogen) atoms. The highest BCUT2D eigenvalue weighted by atomic mass is 16.5. The molecule has 1 aromatic rings. The summed E-state index contributed by atoms with van der Waals surface area (Å²) in [6.07, 6.45) is 3.91. The van der Waals surface area contributed by atoms with E-state index in [-0.39, 0.29) is 11.6 Å². The second-order valence-corrected chi connectivity index (χ2v) is 6.36. The van der Waals surface area contributed by atoms with E-state index in [9.17, 15) is 4.79 Å². The van der Waals surface area contributed by atoms with E-state index in [1.165, 1.54) is 0 Å². The van der Waals surface area contributed by atoms with Gasteiger partial charge in [0.1, 0.15) is 11.4 Å². The standard InChI is InChI=1S/C16H24N4O2/c1-19(2)15(21)20-11-16(12-20)13(7-10-22-16)6-9-18-14-5-3-4-8-17-14/h3-5,8,13H,6-7,9-12H2,1-2H3,(H,17,18). The summed E-state index contributed by atoms with van der Waals surface area (Å²) in [5, 5.41) is 3.35. The van der Waals surface area contributed by atoms with Crippen molar-refractivity contribution in [3.05, 3.63) is 24.4 Å². The third-order valence-electron chi connectivity index (χ3n) is 4.63. The molecule has 0 radical (unpaired) electrons. The van der Waals surface area contributed by atoms with E-state index in [0.29, 0.717) is 5.92 Å². The smallest absolute Gasteiger partial charge is 0.319 e. The molecule has 0 saturated carbocycles. The number of aromatic nitrogens is 1. The van der Waals surface area contributed by atoms with Gasteiger partial charge in [-0.3, -0.25) is 0 Å². The molecular weight excluding hydrogens is 280 g/mol. The summed E-state index contributed by atoms with van der Waals surface area (Å²) in [7, 11) is 3.58. The highest BCUT2D eigenvalue weighted by Gasteiger charge is 2.54. The van der Waals surface area contributed by atoms with Gasteiger partial charge in [-0.1, -0.05) is 6.07 Å². The molecule has 2 aliphatic heterocycles. The Morgan fingerprint density at radius 2 is 2.32 bits per heavy atom. The van der Waals surface area contributed by atoms with Gasteiger partial charge in [-0.15, -0.1) is 0 Å². The van der Waals surface area contributed by atoms with Crippen LogP contribution in [0.1, 0.15) is 12.8 Å². The number of pyridine rings is 1. The first-order chi connectivity index (χ1) is 10.6. The minimum absolute atomic E-state index is 0.0754. The highest BCUT2D eigenvalue weighted by molar-refractivity contribution is 5.75. The number of hydrogen-bond donors (Lipinski definition) is 1. The van der Waals surface area contributed by atoms with Crippen molar-refractivity contribution >= 4 is 11.8 Å². The third kappa shape index (κ3) is 2.88. The van der Waals surface area contributed by atoms with Crippen LogP contribution in [-0.4, -0.2) is 66.8 Å².